The number of aliphatic hydroxyl groups is 1. The summed E-state index contributed by atoms with van der Waals surface area (Å²) in [6.07, 6.45) is 2.30. The molecule has 2 heterocycles. The van der Waals surface area contributed by atoms with Crippen LogP contribution in [0.15, 0.2) is 78.4 Å². The van der Waals surface area contributed by atoms with Crippen molar-refractivity contribution in [2.75, 3.05) is 22.9 Å². The summed E-state index contributed by atoms with van der Waals surface area (Å²) in [5, 5.41) is 11.4. The lowest BCUT2D eigenvalue weighted by molar-refractivity contribution is -0.132. The van der Waals surface area contributed by atoms with Crippen LogP contribution in [0.2, 0.25) is 0 Å². The number of nitrogens with zero attached hydrogens (tertiary/aromatic N) is 2. The molecule has 0 aromatic heterocycles. The number of benzene rings is 3. The lowest BCUT2D eigenvalue weighted by Gasteiger charge is -2.26. The summed E-state index contributed by atoms with van der Waals surface area (Å²) in [6.45, 7) is 7.85. The van der Waals surface area contributed by atoms with E-state index in [0.29, 0.717) is 17.0 Å². The Morgan fingerprint density at radius 2 is 1.59 bits per heavy atom. The van der Waals surface area contributed by atoms with Crippen LogP contribution in [-0.2, 0) is 9.59 Å². The van der Waals surface area contributed by atoms with Gasteiger partial charge in [-0.2, -0.15) is 0 Å². The summed E-state index contributed by atoms with van der Waals surface area (Å²) in [7, 11) is 0. The zero-order valence-electron chi connectivity index (χ0n) is 21.5. The summed E-state index contributed by atoms with van der Waals surface area (Å²) < 4.78 is 5.79. The van der Waals surface area contributed by atoms with Crippen molar-refractivity contribution in [2.24, 2.45) is 0 Å². The molecular weight excluding hydrogens is 464 g/mol. The van der Waals surface area contributed by atoms with Crippen LogP contribution in [-0.4, -0.2) is 36.0 Å². The Bertz CT molecular complexity index is 1350. The van der Waals surface area contributed by atoms with E-state index in [1.54, 1.807) is 24.3 Å². The monoisotopic (exact) mass is 496 g/mol. The first-order chi connectivity index (χ1) is 17.8. The number of ether oxygens (including phenoxy) is 1. The van der Waals surface area contributed by atoms with Gasteiger partial charge in [-0.15, -0.1) is 0 Å². The number of anilines is 2. The third kappa shape index (κ3) is 4.84. The van der Waals surface area contributed by atoms with Gasteiger partial charge in [0.05, 0.1) is 17.7 Å². The highest BCUT2D eigenvalue weighted by molar-refractivity contribution is 6.51. The van der Waals surface area contributed by atoms with Gasteiger partial charge < -0.3 is 14.7 Å². The van der Waals surface area contributed by atoms with Gasteiger partial charge >= 0.3 is 0 Å². The molecule has 6 heteroatoms. The van der Waals surface area contributed by atoms with Gasteiger partial charge in [-0.05, 0) is 75.6 Å². The molecule has 2 saturated heterocycles. The molecule has 3 aromatic rings. The molecule has 37 heavy (non-hydrogen) atoms. The van der Waals surface area contributed by atoms with Crippen molar-refractivity contribution in [1.82, 2.24) is 0 Å². The van der Waals surface area contributed by atoms with E-state index in [0.717, 1.165) is 29.9 Å². The molecule has 1 N–H and O–H groups in total. The molecule has 0 bridgehead atoms. The van der Waals surface area contributed by atoms with Gasteiger partial charge in [0.15, 0.2) is 0 Å². The Kier molecular flexibility index (Phi) is 6.74. The standard InChI is InChI=1S/C31H32N2O4/c1-20(2)37-26-11-7-10-23(19-26)29(34)27-28(22-9-6-8-21(3)18-22)33(31(36)30(27)35)25-14-12-24(13-15-25)32-16-4-5-17-32/h6-15,18-20,28,34H,4-5,16-17H2,1-3H3/b29-27+. The van der Waals surface area contributed by atoms with Crippen LogP contribution in [0.5, 0.6) is 5.75 Å². The number of aryl methyl sites for hydroxylation is 1. The van der Waals surface area contributed by atoms with Crippen molar-refractivity contribution >= 4 is 28.8 Å². The number of amides is 1. The first-order valence-electron chi connectivity index (χ1n) is 12.8. The van der Waals surface area contributed by atoms with Crippen LogP contribution in [0.25, 0.3) is 5.76 Å². The maximum Gasteiger partial charge on any atom is 0.300 e. The number of aliphatic hydroxyl groups excluding tert-OH is 1. The molecule has 1 atom stereocenters. The fraction of sp³-hybridized carbons (Fsp3) is 0.290. The van der Waals surface area contributed by atoms with E-state index in [9.17, 15) is 14.7 Å². The number of hydrogen-bond acceptors (Lipinski definition) is 5. The minimum atomic E-state index is -0.757. The molecule has 0 radical (unpaired) electrons. The Morgan fingerprint density at radius 3 is 2.27 bits per heavy atom. The second-order valence-corrected chi connectivity index (χ2v) is 9.99. The smallest absolute Gasteiger partial charge is 0.300 e. The van der Waals surface area contributed by atoms with Crippen LogP contribution >= 0.6 is 0 Å². The van der Waals surface area contributed by atoms with Crippen LogP contribution in [0.4, 0.5) is 11.4 Å². The van der Waals surface area contributed by atoms with Gasteiger partial charge in [-0.3, -0.25) is 14.5 Å². The molecule has 2 aliphatic heterocycles. The van der Waals surface area contributed by atoms with Gasteiger partial charge in [0.2, 0.25) is 0 Å². The topological polar surface area (TPSA) is 70.1 Å². The molecule has 5 rings (SSSR count). The number of rotatable bonds is 6. The molecule has 6 nitrogen and oxygen atoms in total. The average molecular weight is 497 g/mol. The van der Waals surface area contributed by atoms with E-state index in [1.165, 1.54) is 17.7 Å². The zero-order valence-corrected chi connectivity index (χ0v) is 21.5. The predicted molar refractivity (Wildman–Crippen MR) is 146 cm³/mol. The van der Waals surface area contributed by atoms with Gasteiger partial charge in [-0.25, -0.2) is 0 Å². The van der Waals surface area contributed by atoms with Crippen molar-refractivity contribution in [3.8, 4) is 5.75 Å². The van der Waals surface area contributed by atoms with Crippen LogP contribution in [0, 0.1) is 6.92 Å². The Balaban J connectivity index is 1.61. The lowest BCUT2D eigenvalue weighted by Crippen LogP contribution is -2.29. The molecule has 0 spiro atoms. The molecular formula is C31H32N2O4. The van der Waals surface area contributed by atoms with Crippen molar-refractivity contribution in [1.29, 1.82) is 0 Å². The zero-order chi connectivity index (χ0) is 26.1. The summed E-state index contributed by atoms with van der Waals surface area (Å²) in [6, 6.07) is 21.7. The minimum absolute atomic E-state index is 0.0428. The fourth-order valence-electron chi connectivity index (χ4n) is 5.20. The number of carbonyl (C=O) groups excluding carboxylic acids is 2. The van der Waals surface area contributed by atoms with E-state index in [-0.39, 0.29) is 17.4 Å². The number of ketones is 1. The number of hydrogen-bond donors (Lipinski definition) is 1. The van der Waals surface area contributed by atoms with E-state index < -0.39 is 17.7 Å². The Hall–Kier alpha value is -4.06. The molecule has 190 valence electrons. The maximum absolute atomic E-state index is 13.5. The normalized spacial score (nSPS) is 19.2. The Morgan fingerprint density at radius 1 is 0.919 bits per heavy atom. The van der Waals surface area contributed by atoms with Gasteiger partial charge in [-0.1, -0.05) is 42.0 Å². The molecule has 3 aromatic carbocycles. The van der Waals surface area contributed by atoms with Crippen LogP contribution in [0.3, 0.4) is 0 Å². The van der Waals surface area contributed by atoms with E-state index >= 15 is 0 Å². The minimum Gasteiger partial charge on any atom is -0.507 e. The van der Waals surface area contributed by atoms with Crippen molar-refractivity contribution in [3.63, 3.8) is 0 Å². The number of Topliss-reactive ketones (excluding diaryl/α,β-unsaturated/α-hetero) is 1. The summed E-state index contributed by atoms with van der Waals surface area (Å²) >= 11 is 0. The van der Waals surface area contributed by atoms with Crippen molar-refractivity contribution in [3.05, 3.63) is 95.1 Å². The molecule has 1 amide bonds. The molecule has 1 unspecified atom stereocenters. The average Bonchev–Trinajstić information content (AvgIpc) is 3.51. The molecule has 2 aliphatic rings. The fourth-order valence-corrected chi connectivity index (χ4v) is 5.20. The second kappa shape index (κ2) is 10.1. The molecule has 0 aliphatic carbocycles. The third-order valence-corrected chi connectivity index (χ3v) is 6.88. The number of carbonyl (C=O) groups is 2. The SMILES string of the molecule is Cc1cccc(C2/C(=C(\O)c3cccc(OC(C)C)c3)C(=O)C(=O)N2c2ccc(N3CCCC3)cc2)c1. The lowest BCUT2D eigenvalue weighted by atomic mass is 9.94. The first kappa shape index (κ1) is 24.6. The van der Waals surface area contributed by atoms with Crippen molar-refractivity contribution < 1.29 is 19.4 Å². The highest BCUT2D eigenvalue weighted by Gasteiger charge is 2.47. The van der Waals surface area contributed by atoms with Crippen LogP contribution < -0.4 is 14.5 Å². The van der Waals surface area contributed by atoms with Gasteiger partial charge in [0.1, 0.15) is 11.5 Å². The predicted octanol–water partition coefficient (Wildman–Crippen LogP) is 6.01. The summed E-state index contributed by atoms with van der Waals surface area (Å²) in [5.41, 5.74) is 3.98. The molecule has 0 saturated carbocycles. The van der Waals surface area contributed by atoms with Crippen LogP contribution in [0.1, 0.15) is 49.4 Å². The largest absolute Gasteiger partial charge is 0.507 e. The summed E-state index contributed by atoms with van der Waals surface area (Å²) in [5.74, 6) is -0.993. The maximum atomic E-state index is 13.5. The summed E-state index contributed by atoms with van der Waals surface area (Å²) in [4.78, 5) is 30.8. The van der Waals surface area contributed by atoms with E-state index in [4.69, 9.17) is 4.74 Å². The van der Waals surface area contributed by atoms with E-state index in [2.05, 4.69) is 4.90 Å². The highest BCUT2D eigenvalue weighted by atomic mass is 16.5. The van der Waals surface area contributed by atoms with E-state index in [1.807, 2.05) is 69.3 Å². The van der Waals surface area contributed by atoms with Crippen molar-refractivity contribution in [2.45, 2.75) is 45.8 Å². The second-order valence-electron chi connectivity index (χ2n) is 9.99. The Labute approximate surface area is 217 Å². The van der Waals surface area contributed by atoms with Gasteiger partial charge in [0, 0.05) is 30.0 Å². The molecule has 2 fully saturated rings. The highest BCUT2D eigenvalue weighted by Crippen LogP contribution is 2.43. The third-order valence-electron chi connectivity index (χ3n) is 6.88. The quantitative estimate of drug-likeness (QED) is 0.257. The first-order valence-corrected chi connectivity index (χ1v) is 12.8. The van der Waals surface area contributed by atoms with Gasteiger partial charge in [0.25, 0.3) is 11.7 Å².